The van der Waals surface area contributed by atoms with Crippen LogP contribution < -0.4 is 0 Å². The molecule has 0 aromatic heterocycles. The van der Waals surface area contributed by atoms with E-state index in [-0.39, 0.29) is 0 Å². The minimum atomic E-state index is 0.709. The maximum absolute atomic E-state index is 5.80. The molecule has 0 fully saturated rings. The summed E-state index contributed by atoms with van der Waals surface area (Å²) in [6, 6.07) is 0. The molecule has 0 aromatic rings. The van der Waals surface area contributed by atoms with E-state index < -0.39 is 0 Å². The van der Waals surface area contributed by atoms with Gasteiger partial charge in [-0.2, -0.15) is 0 Å². The van der Waals surface area contributed by atoms with E-state index in [1.165, 1.54) is 5.57 Å². The van der Waals surface area contributed by atoms with Crippen LogP contribution in [-0.4, -0.2) is 0 Å². The summed E-state index contributed by atoms with van der Waals surface area (Å²) in [5.74, 6) is 0. The van der Waals surface area contributed by atoms with E-state index in [9.17, 15) is 0 Å². The van der Waals surface area contributed by atoms with Crippen LogP contribution in [0.15, 0.2) is 21.7 Å². The fourth-order valence-electron chi connectivity index (χ4n) is 0.819. The van der Waals surface area contributed by atoms with Crippen LogP contribution in [0.3, 0.4) is 0 Å². The Morgan fingerprint density at radius 1 is 1.44 bits per heavy atom. The molecule has 0 nitrogen and oxygen atoms in total. The minimum absolute atomic E-state index is 0.709. The van der Waals surface area contributed by atoms with E-state index in [4.69, 9.17) is 23.2 Å². The fourth-order valence-corrected chi connectivity index (χ4v) is 1.26. The first-order chi connectivity index (χ1) is 4.22. The lowest BCUT2D eigenvalue weighted by atomic mass is 10.1. The zero-order chi connectivity index (χ0) is 6.85. The maximum atomic E-state index is 5.80. The molecule has 0 spiro atoms. The number of allylic oxidation sites excluding steroid dienone is 4. The second kappa shape index (κ2) is 2.76. The molecule has 1 rings (SSSR count). The predicted molar refractivity (Wildman–Crippen MR) is 41.7 cm³/mol. The first kappa shape index (κ1) is 7.17. The molecule has 0 N–H and O–H groups in total. The molecule has 2 heteroatoms. The lowest BCUT2D eigenvalue weighted by molar-refractivity contribution is 0.952. The Bertz CT molecular complexity index is 177. The molecule has 0 saturated heterocycles. The summed E-state index contributed by atoms with van der Waals surface area (Å²) in [5.41, 5.74) is 1.20. The SMILES string of the molecule is CC1=C(Cl)C(Cl)=CCC1. The van der Waals surface area contributed by atoms with Crippen LogP contribution in [0.25, 0.3) is 0 Å². The van der Waals surface area contributed by atoms with Gasteiger partial charge in [0.2, 0.25) is 0 Å². The molecule has 0 amide bonds. The summed E-state index contributed by atoms with van der Waals surface area (Å²) in [5, 5.41) is 1.45. The monoisotopic (exact) mass is 162 g/mol. The molecular formula is C7H8Cl2. The van der Waals surface area contributed by atoms with Gasteiger partial charge in [0.1, 0.15) is 0 Å². The zero-order valence-electron chi connectivity index (χ0n) is 5.25. The third-order valence-corrected chi connectivity index (χ3v) is 2.39. The third kappa shape index (κ3) is 1.50. The van der Waals surface area contributed by atoms with Crippen molar-refractivity contribution in [2.75, 3.05) is 0 Å². The second-order valence-corrected chi connectivity index (χ2v) is 2.97. The van der Waals surface area contributed by atoms with E-state index in [0.717, 1.165) is 17.9 Å². The Morgan fingerprint density at radius 2 is 2.11 bits per heavy atom. The zero-order valence-corrected chi connectivity index (χ0v) is 6.76. The van der Waals surface area contributed by atoms with E-state index in [2.05, 4.69) is 0 Å². The van der Waals surface area contributed by atoms with Crippen molar-refractivity contribution in [2.45, 2.75) is 19.8 Å². The molecule has 1 aliphatic rings. The van der Waals surface area contributed by atoms with Crippen LogP contribution in [0.4, 0.5) is 0 Å². The highest BCUT2D eigenvalue weighted by Crippen LogP contribution is 2.29. The lowest BCUT2D eigenvalue weighted by Crippen LogP contribution is -1.88. The molecule has 0 unspecified atom stereocenters. The van der Waals surface area contributed by atoms with Gasteiger partial charge < -0.3 is 0 Å². The predicted octanol–water partition coefficient (Wildman–Crippen LogP) is 3.42. The van der Waals surface area contributed by atoms with Gasteiger partial charge in [-0.1, -0.05) is 34.9 Å². The van der Waals surface area contributed by atoms with Crippen LogP contribution in [-0.2, 0) is 0 Å². The van der Waals surface area contributed by atoms with Crippen molar-refractivity contribution in [2.24, 2.45) is 0 Å². The molecule has 50 valence electrons. The Hall–Kier alpha value is 0.0600. The Kier molecular flexibility index (Phi) is 2.20. The summed E-state index contributed by atoms with van der Waals surface area (Å²) in [7, 11) is 0. The minimum Gasteiger partial charge on any atom is -0.0831 e. The number of hydrogen-bond acceptors (Lipinski definition) is 0. The molecular weight excluding hydrogens is 155 g/mol. The summed E-state index contributed by atoms with van der Waals surface area (Å²) in [6.45, 7) is 2.01. The number of halogens is 2. The molecule has 9 heavy (non-hydrogen) atoms. The van der Waals surface area contributed by atoms with Gasteiger partial charge in [0.25, 0.3) is 0 Å². The number of hydrogen-bond donors (Lipinski definition) is 0. The molecule has 0 atom stereocenters. The standard InChI is InChI=1S/C7H8Cl2/c1-5-3-2-4-6(8)7(5)9/h4H,2-3H2,1H3. The molecule has 1 aliphatic carbocycles. The molecule has 0 bridgehead atoms. The van der Waals surface area contributed by atoms with Gasteiger partial charge in [0.05, 0.1) is 10.1 Å². The first-order valence-corrected chi connectivity index (χ1v) is 3.68. The summed E-state index contributed by atoms with van der Waals surface area (Å²) in [6.07, 6.45) is 4.03. The molecule has 0 aliphatic heterocycles. The molecule has 0 saturated carbocycles. The van der Waals surface area contributed by atoms with Gasteiger partial charge in [-0.15, -0.1) is 0 Å². The highest BCUT2D eigenvalue weighted by Gasteiger charge is 2.07. The van der Waals surface area contributed by atoms with Gasteiger partial charge in [-0.3, -0.25) is 0 Å². The molecule has 0 radical (unpaired) electrons. The average molecular weight is 163 g/mol. The molecule has 0 aromatic carbocycles. The van der Waals surface area contributed by atoms with Crippen molar-refractivity contribution in [3.63, 3.8) is 0 Å². The second-order valence-electron chi connectivity index (χ2n) is 2.19. The third-order valence-electron chi connectivity index (χ3n) is 1.43. The maximum Gasteiger partial charge on any atom is 0.0578 e. The smallest absolute Gasteiger partial charge is 0.0578 e. The lowest BCUT2D eigenvalue weighted by Gasteiger charge is -2.08. The normalized spacial score (nSPS) is 20.1. The largest absolute Gasteiger partial charge is 0.0831 e. The van der Waals surface area contributed by atoms with Crippen LogP contribution in [0.1, 0.15) is 19.8 Å². The number of rotatable bonds is 0. The highest BCUT2D eigenvalue weighted by atomic mass is 35.5. The summed E-state index contributed by atoms with van der Waals surface area (Å²) >= 11 is 11.5. The van der Waals surface area contributed by atoms with E-state index in [0.29, 0.717) is 5.03 Å². The Labute approximate surface area is 65.2 Å². The Morgan fingerprint density at radius 3 is 2.56 bits per heavy atom. The van der Waals surface area contributed by atoms with Crippen LogP contribution in [0.2, 0.25) is 0 Å². The van der Waals surface area contributed by atoms with Crippen molar-refractivity contribution >= 4 is 23.2 Å². The van der Waals surface area contributed by atoms with Gasteiger partial charge in [-0.05, 0) is 19.8 Å². The van der Waals surface area contributed by atoms with E-state index in [1.807, 2.05) is 13.0 Å². The van der Waals surface area contributed by atoms with Crippen molar-refractivity contribution < 1.29 is 0 Å². The van der Waals surface area contributed by atoms with Crippen molar-refractivity contribution in [3.8, 4) is 0 Å². The van der Waals surface area contributed by atoms with Gasteiger partial charge in [0.15, 0.2) is 0 Å². The van der Waals surface area contributed by atoms with Crippen molar-refractivity contribution in [1.82, 2.24) is 0 Å². The van der Waals surface area contributed by atoms with E-state index >= 15 is 0 Å². The Balaban J connectivity index is 2.88. The summed E-state index contributed by atoms with van der Waals surface area (Å²) in [4.78, 5) is 0. The van der Waals surface area contributed by atoms with Gasteiger partial charge in [-0.25, -0.2) is 0 Å². The van der Waals surface area contributed by atoms with Crippen LogP contribution in [0, 0.1) is 0 Å². The van der Waals surface area contributed by atoms with E-state index in [1.54, 1.807) is 0 Å². The van der Waals surface area contributed by atoms with Gasteiger partial charge >= 0.3 is 0 Å². The van der Waals surface area contributed by atoms with Gasteiger partial charge in [0, 0.05) is 0 Å². The first-order valence-electron chi connectivity index (χ1n) is 2.93. The van der Waals surface area contributed by atoms with Crippen molar-refractivity contribution in [3.05, 3.63) is 21.7 Å². The fraction of sp³-hybridized carbons (Fsp3) is 0.429. The van der Waals surface area contributed by atoms with Crippen LogP contribution >= 0.6 is 23.2 Å². The highest BCUT2D eigenvalue weighted by molar-refractivity contribution is 6.44. The summed E-state index contributed by atoms with van der Waals surface area (Å²) < 4.78 is 0. The quantitative estimate of drug-likeness (QED) is 0.513. The molecule has 0 heterocycles. The van der Waals surface area contributed by atoms with Crippen molar-refractivity contribution in [1.29, 1.82) is 0 Å². The topological polar surface area (TPSA) is 0 Å². The van der Waals surface area contributed by atoms with Crippen LogP contribution in [0.5, 0.6) is 0 Å². The average Bonchev–Trinajstić information content (AvgIpc) is 1.83.